The fraction of sp³-hybridized carbons (Fsp3) is 0.167. The maximum absolute atomic E-state index is 11.0. The molecule has 4 nitrogen and oxygen atoms in total. The molecule has 1 unspecified atom stereocenters. The number of fused-ring (bicyclic) bond motifs is 1. The molecule has 1 saturated heterocycles. The number of amides is 1. The van der Waals surface area contributed by atoms with E-state index in [1.165, 1.54) is 0 Å². The summed E-state index contributed by atoms with van der Waals surface area (Å²) in [6.07, 6.45) is 1.40. The smallest absolute Gasteiger partial charge is 0.407 e. The van der Waals surface area contributed by atoms with Crippen LogP contribution in [0.3, 0.4) is 0 Å². The lowest BCUT2D eigenvalue weighted by Crippen LogP contribution is -2.18. The van der Waals surface area contributed by atoms with Gasteiger partial charge >= 0.3 is 6.09 Å². The predicted molar refractivity (Wildman–Crippen MR) is 59.0 cm³/mol. The molecule has 0 aliphatic carbocycles. The van der Waals surface area contributed by atoms with Gasteiger partial charge in [-0.05, 0) is 17.7 Å². The number of para-hydroxylation sites is 1. The van der Waals surface area contributed by atoms with Crippen LogP contribution in [0.25, 0.3) is 10.9 Å². The minimum absolute atomic E-state index is 0.0691. The van der Waals surface area contributed by atoms with E-state index in [2.05, 4.69) is 10.3 Å². The molecule has 2 heterocycles. The number of carbonyl (C=O) groups is 1. The number of hydrogen-bond donors (Lipinski definition) is 1. The van der Waals surface area contributed by atoms with Crippen LogP contribution >= 0.6 is 0 Å². The molecule has 0 bridgehead atoms. The van der Waals surface area contributed by atoms with Gasteiger partial charge in [-0.2, -0.15) is 0 Å². The Labute approximate surface area is 92.2 Å². The van der Waals surface area contributed by atoms with Crippen LogP contribution in [0.2, 0.25) is 0 Å². The summed E-state index contributed by atoms with van der Waals surface area (Å²) in [7, 11) is 0. The van der Waals surface area contributed by atoms with Gasteiger partial charge in [-0.3, -0.25) is 4.98 Å². The maximum Gasteiger partial charge on any atom is 0.407 e. The Kier molecular flexibility index (Phi) is 1.99. The molecule has 1 aromatic heterocycles. The molecule has 16 heavy (non-hydrogen) atoms. The molecule has 1 N–H and O–H groups in total. The number of benzene rings is 1. The molecule has 2 aromatic rings. The zero-order valence-electron chi connectivity index (χ0n) is 8.51. The SMILES string of the molecule is O=C1NC(c2ccnc3ccccc23)CO1. The highest BCUT2D eigenvalue weighted by Gasteiger charge is 2.24. The van der Waals surface area contributed by atoms with Gasteiger partial charge in [-0.1, -0.05) is 18.2 Å². The first-order chi connectivity index (χ1) is 7.84. The third kappa shape index (κ3) is 1.39. The Hall–Kier alpha value is -2.10. The lowest BCUT2D eigenvalue weighted by Gasteiger charge is -2.10. The third-order valence-electron chi connectivity index (χ3n) is 2.73. The van der Waals surface area contributed by atoms with Crippen molar-refractivity contribution in [1.29, 1.82) is 0 Å². The zero-order chi connectivity index (χ0) is 11.0. The van der Waals surface area contributed by atoms with Gasteiger partial charge in [0.2, 0.25) is 0 Å². The molecule has 1 atom stereocenters. The molecular formula is C12H10N2O2. The quantitative estimate of drug-likeness (QED) is 0.790. The lowest BCUT2D eigenvalue weighted by molar-refractivity contribution is 0.177. The highest BCUT2D eigenvalue weighted by atomic mass is 16.6. The van der Waals surface area contributed by atoms with E-state index in [-0.39, 0.29) is 12.1 Å². The number of pyridine rings is 1. The molecule has 0 spiro atoms. The molecule has 3 rings (SSSR count). The van der Waals surface area contributed by atoms with Gasteiger partial charge in [-0.25, -0.2) is 4.79 Å². The molecule has 1 aliphatic rings. The number of ether oxygens (including phenoxy) is 1. The minimum Gasteiger partial charge on any atom is -0.447 e. The molecular weight excluding hydrogens is 204 g/mol. The van der Waals surface area contributed by atoms with Crippen molar-refractivity contribution in [2.45, 2.75) is 6.04 Å². The van der Waals surface area contributed by atoms with Gasteiger partial charge in [-0.15, -0.1) is 0 Å². The average Bonchev–Trinajstić information content (AvgIpc) is 2.75. The van der Waals surface area contributed by atoms with Gasteiger partial charge in [0.25, 0.3) is 0 Å². The van der Waals surface area contributed by atoms with E-state index in [4.69, 9.17) is 4.74 Å². The number of cyclic esters (lactones) is 1. The van der Waals surface area contributed by atoms with E-state index in [0.717, 1.165) is 16.5 Å². The van der Waals surface area contributed by atoms with Crippen molar-refractivity contribution in [3.05, 3.63) is 42.1 Å². The Balaban J connectivity index is 2.13. The van der Waals surface area contributed by atoms with Crippen LogP contribution in [-0.2, 0) is 4.74 Å². The first kappa shape index (κ1) is 9.15. The number of alkyl carbamates (subject to hydrolysis) is 1. The van der Waals surface area contributed by atoms with Gasteiger partial charge in [0, 0.05) is 11.6 Å². The fourth-order valence-corrected chi connectivity index (χ4v) is 1.97. The van der Waals surface area contributed by atoms with Crippen LogP contribution < -0.4 is 5.32 Å². The fourth-order valence-electron chi connectivity index (χ4n) is 1.97. The van der Waals surface area contributed by atoms with Crippen LogP contribution in [-0.4, -0.2) is 17.7 Å². The summed E-state index contributed by atoms with van der Waals surface area (Å²) in [6, 6.07) is 9.72. The molecule has 1 amide bonds. The Morgan fingerprint density at radius 2 is 2.19 bits per heavy atom. The number of hydrogen-bond acceptors (Lipinski definition) is 3. The average molecular weight is 214 g/mol. The van der Waals surface area contributed by atoms with Crippen molar-refractivity contribution >= 4 is 17.0 Å². The standard InChI is InChI=1S/C12H10N2O2/c15-12-14-11(7-16-12)9-5-6-13-10-4-2-1-3-8(9)10/h1-6,11H,7H2,(H,14,15). The molecule has 0 radical (unpaired) electrons. The summed E-state index contributed by atoms with van der Waals surface area (Å²) in [6.45, 7) is 0.382. The Morgan fingerprint density at radius 3 is 3.00 bits per heavy atom. The normalized spacial score (nSPS) is 19.5. The van der Waals surface area contributed by atoms with Crippen molar-refractivity contribution in [2.75, 3.05) is 6.61 Å². The summed E-state index contributed by atoms with van der Waals surface area (Å²) in [5.41, 5.74) is 1.98. The topological polar surface area (TPSA) is 51.2 Å². The number of rotatable bonds is 1. The number of carbonyl (C=O) groups excluding carboxylic acids is 1. The molecule has 1 fully saturated rings. The van der Waals surface area contributed by atoms with E-state index in [1.54, 1.807) is 6.20 Å². The molecule has 4 heteroatoms. The maximum atomic E-state index is 11.0. The highest BCUT2D eigenvalue weighted by Crippen LogP contribution is 2.25. The monoisotopic (exact) mass is 214 g/mol. The van der Waals surface area contributed by atoms with Crippen molar-refractivity contribution in [1.82, 2.24) is 10.3 Å². The van der Waals surface area contributed by atoms with Gasteiger partial charge in [0.05, 0.1) is 11.6 Å². The molecule has 1 aliphatic heterocycles. The predicted octanol–water partition coefficient (Wildman–Crippen LogP) is 2.02. The van der Waals surface area contributed by atoms with Gasteiger partial charge < -0.3 is 10.1 Å². The summed E-state index contributed by atoms with van der Waals surface area (Å²) >= 11 is 0. The van der Waals surface area contributed by atoms with Crippen molar-refractivity contribution < 1.29 is 9.53 Å². The van der Waals surface area contributed by atoms with Crippen LogP contribution in [0.1, 0.15) is 11.6 Å². The second-order valence-corrected chi connectivity index (χ2v) is 3.71. The first-order valence-corrected chi connectivity index (χ1v) is 5.11. The van der Waals surface area contributed by atoms with E-state index in [1.807, 2.05) is 30.3 Å². The van der Waals surface area contributed by atoms with Gasteiger partial charge in [0.15, 0.2) is 0 Å². The summed E-state index contributed by atoms with van der Waals surface area (Å²) < 4.78 is 4.90. The summed E-state index contributed by atoms with van der Waals surface area (Å²) in [5, 5.41) is 3.83. The third-order valence-corrected chi connectivity index (χ3v) is 2.73. The van der Waals surface area contributed by atoms with E-state index < -0.39 is 0 Å². The molecule has 0 saturated carbocycles. The van der Waals surface area contributed by atoms with Crippen LogP contribution in [0.5, 0.6) is 0 Å². The van der Waals surface area contributed by atoms with Crippen molar-refractivity contribution in [3.8, 4) is 0 Å². The molecule has 1 aromatic carbocycles. The number of nitrogens with zero attached hydrogens (tertiary/aromatic N) is 1. The second kappa shape index (κ2) is 3.48. The Morgan fingerprint density at radius 1 is 1.31 bits per heavy atom. The highest BCUT2D eigenvalue weighted by molar-refractivity contribution is 5.83. The van der Waals surface area contributed by atoms with Crippen LogP contribution in [0.4, 0.5) is 4.79 Å². The largest absolute Gasteiger partial charge is 0.447 e. The van der Waals surface area contributed by atoms with Crippen LogP contribution in [0.15, 0.2) is 36.5 Å². The summed E-state index contributed by atoms with van der Waals surface area (Å²) in [4.78, 5) is 15.3. The number of nitrogens with one attached hydrogen (secondary N) is 1. The van der Waals surface area contributed by atoms with Crippen LogP contribution in [0, 0.1) is 0 Å². The first-order valence-electron chi connectivity index (χ1n) is 5.11. The Bertz CT molecular complexity index is 548. The van der Waals surface area contributed by atoms with Crippen molar-refractivity contribution in [3.63, 3.8) is 0 Å². The number of aromatic nitrogens is 1. The van der Waals surface area contributed by atoms with Gasteiger partial charge in [0.1, 0.15) is 6.61 Å². The van der Waals surface area contributed by atoms with E-state index in [0.29, 0.717) is 6.61 Å². The van der Waals surface area contributed by atoms with E-state index >= 15 is 0 Å². The summed E-state index contributed by atoms with van der Waals surface area (Å²) in [5.74, 6) is 0. The second-order valence-electron chi connectivity index (χ2n) is 3.71. The minimum atomic E-state index is -0.356. The molecule has 80 valence electrons. The van der Waals surface area contributed by atoms with Crippen molar-refractivity contribution in [2.24, 2.45) is 0 Å². The van der Waals surface area contributed by atoms with E-state index in [9.17, 15) is 4.79 Å². The zero-order valence-corrected chi connectivity index (χ0v) is 8.51. The lowest BCUT2D eigenvalue weighted by atomic mass is 10.0.